The third kappa shape index (κ3) is 16.5. The second kappa shape index (κ2) is 18.0. The van der Waals surface area contributed by atoms with Gasteiger partial charge in [0.2, 0.25) is 0 Å². The van der Waals surface area contributed by atoms with E-state index in [0.717, 1.165) is 19.3 Å². The summed E-state index contributed by atoms with van der Waals surface area (Å²) in [5.74, 6) is 0.140. The number of ketones is 4. The number of Topliss-reactive ketones (excluding diaryl/α,β-unsaturated/α-hetero) is 4. The molecule has 5 nitrogen and oxygen atoms in total. The van der Waals surface area contributed by atoms with E-state index in [2.05, 4.69) is 6.92 Å². The normalized spacial score (nSPS) is 17.0. The van der Waals surface area contributed by atoms with E-state index in [-0.39, 0.29) is 23.1 Å². The van der Waals surface area contributed by atoms with E-state index < -0.39 is 0 Å². The Balaban J connectivity index is 0.000000381. The van der Waals surface area contributed by atoms with E-state index in [9.17, 15) is 19.2 Å². The van der Waals surface area contributed by atoms with Gasteiger partial charge in [0, 0.05) is 45.1 Å². The summed E-state index contributed by atoms with van der Waals surface area (Å²) in [4.78, 5) is 41.8. The van der Waals surface area contributed by atoms with E-state index in [1.54, 1.807) is 0 Å². The van der Waals surface area contributed by atoms with E-state index >= 15 is 0 Å². The Morgan fingerprint density at radius 3 is 1.30 bits per heavy atom. The highest BCUT2D eigenvalue weighted by Crippen LogP contribution is 2.10. The number of aliphatic hydroxyl groups is 1. The van der Waals surface area contributed by atoms with Crippen molar-refractivity contribution in [1.29, 1.82) is 0 Å². The van der Waals surface area contributed by atoms with Crippen LogP contribution < -0.4 is 0 Å². The highest BCUT2D eigenvalue weighted by molar-refractivity contribution is 6.37. The number of aliphatic hydroxyl groups excluding tert-OH is 1. The second-order valence-corrected chi connectivity index (χ2v) is 7.33. The van der Waals surface area contributed by atoms with E-state index in [0.29, 0.717) is 45.1 Å². The zero-order valence-corrected chi connectivity index (χ0v) is 17.1. The van der Waals surface area contributed by atoms with E-state index in [1.807, 2.05) is 0 Å². The fraction of sp³-hybridized carbons (Fsp3) is 0.818. The SMILES string of the molecule is CCCCCCCCCCO.O=C1CCC(=O)CC1.O=C1CCCCC1=O. The summed E-state index contributed by atoms with van der Waals surface area (Å²) in [6.07, 6.45) is 15.1. The number of unbranched alkanes of at least 4 members (excludes halogenated alkanes) is 7. The molecular formula is C22H38O5. The maximum absolute atomic E-state index is 10.5. The van der Waals surface area contributed by atoms with Crippen molar-refractivity contribution < 1.29 is 24.3 Å². The molecule has 0 bridgehead atoms. The van der Waals surface area contributed by atoms with Crippen LogP contribution in [-0.2, 0) is 19.2 Å². The fourth-order valence-electron chi connectivity index (χ4n) is 2.90. The van der Waals surface area contributed by atoms with Crippen LogP contribution in [-0.4, -0.2) is 34.8 Å². The number of carbonyl (C=O) groups is 4. The van der Waals surface area contributed by atoms with Gasteiger partial charge in [-0.05, 0) is 19.3 Å². The zero-order valence-electron chi connectivity index (χ0n) is 17.1. The predicted octanol–water partition coefficient (Wildman–Crippen LogP) is 4.52. The standard InChI is InChI=1S/C10H22O.2C6H8O2/c1-2-3-4-5-6-7-8-9-10-11;7-5-1-2-6(8)4-3-5;7-5-3-1-2-4-6(5)8/h11H,2-10H2,1H3;2*1-4H2. The largest absolute Gasteiger partial charge is 0.396 e. The maximum Gasteiger partial charge on any atom is 0.198 e. The molecule has 2 aliphatic carbocycles. The van der Waals surface area contributed by atoms with Gasteiger partial charge in [-0.15, -0.1) is 0 Å². The molecule has 0 saturated heterocycles. The van der Waals surface area contributed by atoms with Gasteiger partial charge in [-0.25, -0.2) is 0 Å². The average Bonchev–Trinajstić information content (AvgIpc) is 2.67. The third-order valence-corrected chi connectivity index (χ3v) is 4.75. The molecule has 0 spiro atoms. The Hall–Kier alpha value is -1.36. The summed E-state index contributed by atoms with van der Waals surface area (Å²) in [7, 11) is 0. The predicted molar refractivity (Wildman–Crippen MR) is 107 cm³/mol. The van der Waals surface area contributed by atoms with Crippen LogP contribution in [0.2, 0.25) is 0 Å². The van der Waals surface area contributed by atoms with Gasteiger partial charge in [0.15, 0.2) is 11.6 Å². The Morgan fingerprint density at radius 1 is 0.593 bits per heavy atom. The molecule has 0 unspecified atom stereocenters. The summed E-state index contributed by atoms with van der Waals surface area (Å²) in [5, 5.41) is 8.51. The van der Waals surface area contributed by atoms with E-state index in [1.165, 1.54) is 44.9 Å². The van der Waals surface area contributed by atoms with Crippen LogP contribution in [0.5, 0.6) is 0 Å². The van der Waals surface area contributed by atoms with Gasteiger partial charge in [0.25, 0.3) is 0 Å². The molecule has 2 rings (SSSR count). The molecule has 156 valence electrons. The smallest absolute Gasteiger partial charge is 0.198 e. The first-order valence-electron chi connectivity index (χ1n) is 10.7. The van der Waals surface area contributed by atoms with Crippen LogP contribution in [0.25, 0.3) is 0 Å². The lowest BCUT2D eigenvalue weighted by Crippen LogP contribution is -2.17. The van der Waals surface area contributed by atoms with Crippen LogP contribution >= 0.6 is 0 Å². The molecule has 0 heterocycles. The Bertz CT molecular complexity index is 390. The van der Waals surface area contributed by atoms with Crippen LogP contribution in [0.15, 0.2) is 0 Å². The first-order chi connectivity index (χ1) is 13.0. The van der Waals surface area contributed by atoms with Gasteiger partial charge in [-0.3, -0.25) is 19.2 Å². The van der Waals surface area contributed by atoms with Crippen molar-refractivity contribution in [2.75, 3.05) is 6.61 Å². The van der Waals surface area contributed by atoms with Crippen molar-refractivity contribution >= 4 is 23.1 Å². The summed E-state index contributed by atoms with van der Waals surface area (Å²) in [6.45, 7) is 2.61. The molecule has 2 saturated carbocycles. The summed E-state index contributed by atoms with van der Waals surface area (Å²) >= 11 is 0. The van der Waals surface area contributed by atoms with Crippen molar-refractivity contribution in [2.45, 2.75) is 110 Å². The molecule has 0 amide bonds. The molecule has 0 aromatic heterocycles. The zero-order chi connectivity index (χ0) is 20.3. The third-order valence-electron chi connectivity index (χ3n) is 4.75. The number of hydrogen-bond donors (Lipinski definition) is 1. The van der Waals surface area contributed by atoms with Gasteiger partial charge < -0.3 is 5.11 Å². The van der Waals surface area contributed by atoms with Crippen LogP contribution in [0.1, 0.15) is 110 Å². The molecule has 1 N–H and O–H groups in total. The minimum atomic E-state index is -0.170. The molecule has 0 aromatic rings. The molecule has 0 radical (unpaired) electrons. The van der Waals surface area contributed by atoms with Crippen LogP contribution in [0.3, 0.4) is 0 Å². The molecular weight excluding hydrogens is 344 g/mol. The molecule has 0 atom stereocenters. The Labute approximate surface area is 164 Å². The van der Waals surface area contributed by atoms with E-state index in [4.69, 9.17) is 5.11 Å². The summed E-state index contributed by atoms with van der Waals surface area (Å²) in [5.41, 5.74) is 0. The monoisotopic (exact) mass is 382 g/mol. The number of hydrogen-bond acceptors (Lipinski definition) is 5. The van der Waals surface area contributed by atoms with Crippen molar-refractivity contribution in [2.24, 2.45) is 0 Å². The molecule has 27 heavy (non-hydrogen) atoms. The van der Waals surface area contributed by atoms with Gasteiger partial charge in [-0.1, -0.05) is 51.9 Å². The highest BCUT2D eigenvalue weighted by atomic mass is 16.3. The lowest BCUT2D eigenvalue weighted by Gasteiger charge is -2.04. The minimum Gasteiger partial charge on any atom is -0.396 e. The summed E-state index contributed by atoms with van der Waals surface area (Å²) < 4.78 is 0. The first kappa shape index (κ1) is 25.6. The first-order valence-corrected chi connectivity index (χ1v) is 10.7. The van der Waals surface area contributed by atoms with Crippen molar-refractivity contribution in [3.8, 4) is 0 Å². The maximum atomic E-state index is 10.5. The molecule has 2 aliphatic rings. The lowest BCUT2D eigenvalue weighted by molar-refractivity contribution is -0.137. The molecule has 2 fully saturated rings. The van der Waals surface area contributed by atoms with Gasteiger partial charge in [0.1, 0.15) is 11.6 Å². The van der Waals surface area contributed by atoms with Gasteiger partial charge in [0.05, 0.1) is 0 Å². The topological polar surface area (TPSA) is 88.5 Å². The lowest BCUT2D eigenvalue weighted by atomic mass is 9.98. The molecule has 0 aromatic carbocycles. The number of carbonyl (C=O) groups excluding carboxylic acids is 4. The quantitative estimate of drug-likeness (QED) is 0.492. The fourth-order valence-corrected chi connectivity index (χ4v) is 2.90. The van der Waals surface area contributed by atoms with Crippen LogP contribution in [0, 0.1) is 0 Å². The van der Waals surface area contributed by atoms with Crippen molar-refractivity contribution in [3.05, 3.63) is 0 Å². The Morgan fingerprint density at radius 2 is 0.963 bits per heavy atom. The highest BCUT2D eigenvalue weighted by Gasteiger charge is 2.17. The van der Waals surface area contributed by atoms with Gasteiger partial charge in [-0.2, -0.15) is 0 Å². The van der Waals surface area contributed by atoms with Gasteiger partial charge >= 0.3 is 0 Å². The van der Waals surface area contributed by atoms with Crippen molar-refractivity contribution in [1.82, 2.24) is 0 Å². The Kier molecular flexibility index (Phi) is 17.1. The molecule has 5 heteroatoms. The second-order valence-electron chi connectivity index (χ2n) is 7.33. The van der Waals surface area contributed by atoms with Crippen LogP contribution in [0.4, 0.5) is 0 Å². The average molecular weight is 383 g/mol. The van der Waals surface area contributed by atoms with Crippen molar-refractivity contribution in [3.63, 3.8) is 0 Å². The molecule has 0 aliphatic heterocycles. The minimum absolute atomic E-state index is 0.170. The summed E-state index contributed by atoms with van der Waals surface area (Å²) in [6, 6.07) is 0. The number of rotatable bonds is 8.